The van der Waals surface area contributed by atoms with Crippen LogP contribution in [0.25, 0.3) is 5.57 Å². The summed E-state index contributed by atoms with van der Waals surface area (Å²) in [5.41, 5.74) is 3.77. The highest BCUT2D eigenvalue weighted by atomic mass is 19.1. The lowest BCUT2D eigenvalue weighted by Crippen LogP contribution is -2.48. The molecule has 7 nitrogen and oxygen atoms in total. The Morgan fingerprint density at radius 1 is 0.794 bits per heavy atom. The van der Waals surface area contributed by atoms with Crippen molar-refractivity contribution in [3.05, 3.63) is 89.1 Å². The van der Waals surface area contributed by atoms with Crippen molar-refractivity contribution in [3.63, 3.8) is 0 Å². The number of rotatable bonds is 4. The second kappa shape index (κ2) is 8.70. The zero-order valence-electron chi connectivity index (χ0n) is 19.0. The molecule has 0 unspecified atom stereocenters. The minimum atomic E-state index is -0.399. The van der Waals surface area contributed by atoms with Crippen LogP contribution in [0, 0.1) is 19.7 Å². The first-order valence-corrected chi connectivity index (χ1v) is 11.2. The number of hydrogen-bond donors (Lipinski definition) is 0. The molecule has 0 atom stereocenters. The molecule has 1 saturated heterocycles. The average Bonchev–Trinajstić information content (AvgIpc) is 3.12. The Morgan fingerprint density at radius 2 is 1.44 bits per heavy atom. The van der Waals surface area contributed by atoms with Gasteiger partial charge in [0.25, 0.3) is 11.8 Å². The maximum Gasteiger partial charge on any atom is 0.282 e. The molecule has 0 N–H and O–H groups in total. The van der Waals surface area contributed by atoms with E-state index in [1.165, 1.54) is 17.0 Å². The Hall–Kier alpha value is -4.07. The molecule has 3 aromatic rings. The number of hydrogen-bond acceptors (Lipinski definition) is 6. The molecule has 2 amide bonds. The van der Waals surface area contributed by atoms with E-state index in [4.69, 9.17) is 0 Å². The van der Waals surface area contributed by atoms with E-state index in [1.54, 1.807) is 36.7 Å². The quantitative estimate of drug-likeness (QED) is 0.560. The Balaban J connectivity index is 1.51. The van der Waals surface area contributed by atoms with Gasteiger partial charge in [-0.2, -0.15) is 0 Å². The molecule has 0 bridgehead atoms. The van der Waals surface area contributed by atoms with E-state index in [-0.39, 0.29) is 5.91 Å². The van der Waals surface area contributed by atoms with E-state index in [0.717, 1.165) is 11.1 Å². The lowest BCUT2D eigenvalue weighted by Gasteiger charge is -2.36. The highest BCUT2D eigenvalue weighted by molar-refractivity contribution is 6.45. The monoisotopic (exact) mass is 457 g/mol. The van der Waals surface area contributed by atoms with E-state index in [2.05, 4.69) is 14.9 Å². The summed E-state index contributed by atoms with van der Waals surface area (Å²) in [4.78, 5) is 41.2. The molecule has 5 rings (SSSR count). The molecule has 1 fully saturated rings. The van der Waals surface area contributed by atoms with E-state index < -0.39 is 11.7 Å². The molecule has 2 aromatic carbocycles. The van der Waals surface area contributed by atoms with Crippen LogP contribution in [0.4, 0.5) is 16.0 Å². The normalized spacial score (nSPS) is 16.6. The van der Waals surface area contributed by atoms with E-state index in [0.29, 0.717) is 54.6 Å². The molecule has 0 radical (unpaired) electrons. The third-order valence-corrected chi connectivity index (χ3v) is 6.37. The molecular weight excluding hydrogens is 433 g/mol. The number of carbonyl (C=O) groups excluding carboxylic acids is 2. The van der Waals surface area contributed by atoms with Gasteiger partial charge < -0.3 is 9.80 Å². The van der Waals surface area contributed by atoms with Crippen LogP contribution in [0.2, 0.25) is 0 Å². The average molecular weight is 458 g/mol. The molecule has 0 aliphatic carbocycles. The van der Waals surface area contributed by atoms with Gasteiger partial charge in [-0.1, -0.05) is 18.2 Å². The van der Waals surface area contributed by atoms with Crippen LogP contribution in [0.5, 0.6) is 0 Å². The number of anilines is 2. The second-order valence-corrected chi connectivity index (χ2v) is 8.47. The predicted molar refractivity (Wildman–Crippen MR) is 128 cm³/mol. The molecule has 2 aliphatic rings. The summed E-state index contributed by atoms with van der Waals surface area (Å²) in [5, 5.41) is 0. The number of aryl methyl sites for hydroxylation is 2. The lowest BCUT2D eigenvalue weighted by molar-refractivity contribution is -0.120. The smallest absolute Gasteiger partial charge is 0.282 e. The standard InChI is InChI=1S/C26H24FN5O2/c1-17-4-9-21(16-18(17)2)32-24(33)22(19-5-7-20(27)8-6-19)23(25(32)34)30-12-14-31(15-13-30)26-28-10-3-11-29-26/h3-11,16H,12-15H2,1-2H3. The fourth-order valence-electron chi connectivity index (χ4n) is 4.37. The largest absolute Gasteiger partial charge is 0.363 e. The number of benzene rings is 2. The van der Waals surface area contributed by atoms with Gasteiger partial charge in [0.2, 0.25) is 5.95 Å². The van der Waals surface area contributed by atoms with Gasteiger partial charge in [0.15, 0.2) is 0 Å². The molecule has 8 heteroatoms. The van der Waals surface area contributed by atoms with Gasteiger partial charge in [0.1, 0.15) is 11.5 Å². The second-order valence-electron chi connectivity index (χ2n) is 8.47. The fourth-order valence-corrected chi connectivity index (χ4v) is 4.37. The summed E-state index contributed by atoms with van der Waals surface area (Å²) in [6.07, 6.45) is 3.40. The van der Waals surface area contributed by atoms with Crippen molar-refractivity contribution in [2.24, 2.45) is 0 Å². The van der Waals surface area contributed by atoms with Crippen LogP contribution in [0.1, 0.15) is 16.7 Å². The fraction of sp³-hybridized carbons (Fsp3) is 0.231. The van der Waals surface area contributed by atoms with Gasteiger partial charge in [-0.25, -0.2) is 19.3 Å². The van der Waals surface area contributed by atoms with Crippen molar-refractivity contribution >= 4 is 29.0 Å². The van der Waals surface area contributed by atoms with Crippen LogP contribution in [-0.2, 0) is 9.59 Å². The van der Waals surface area contributed by atoms with E-state index in [9.17, 15) is 14.0 Å². The highest BCUT2D eigenvalue weighted by Crippen LogP contribution is 2.36. The van der Waals surface area contributed by atoms with Crippen LogP contribution < -0.4 is 9.80 Å². The molecule has 34 heavy (non-hydrogen) atoms. The van der Waals surface area contributed by atoms with Gasteiger partial charge in [0, 0.05) is 38.6 Å². The Bertz CT molecular complexity index is 1280. The Labute approximate surface area is 197 Å². The van der Waals surface area contributed by atoms with Crippen molar-refractivity contribution in [1.82, 2.24) is 14.9 Å². The van der Waals surface area contributed by atoms with Gasteiger partial charge in [-0.05, 0) is 60.9 Å². The summed E-state index contributed by atoms with van der Waals surface area (Å²) in [6, 6.07) is 13.0. The maximum atomic E-state index is 13.7. The molecule has 3 heterocycles. The number of imide groups is 1. The summed E-state index contributed by atoms with van der Waals surface area (Å²) < 4.78 is 13.6. The number of amides is 2. The molecule has 172 valence electrons. The van der Waals surface area contributed by atoms with Gasteiger partial charge in [-0.3, -0.25) is 9.59 Å². The van der Waals surface area contributed by atoms with Crippen LogP contribution in [0.3, 0.4) is 0 Å². The summed E-state index contributed by atoms with van der Waals surface area (Å²) in [6.45, 7) is 6.20. The topological polar surface area (TPSA) is 69.6 Å². The highest BCUT2D eigenvalue weighted by Gasteiger charge is 2.43. The first-order chi connectivity index (χ1) is 16.4. The zero-order chi connectivity index (χ0) is 23.8. The predicted octanol–water partition coefficient (Wildman–Crippen LogP) is 3.34. The molecule has 0 spiro atoms. The lowest BCUT2D eigenvalue weighted by atomic mass is 10.0. The van der Waals surface area contributed by atoms with Crippen LogP contribution in [0.15, 0.2) is 66.6 Å². The summed E-state index contributed by atoms with van der Waals surface area (Å²) in [7, 11) is 0. The van der Waals surface area contributed by atoms with E-state index >= 15 is 0 Å². The van der Waals surface area contributed by atoms with Crippen LogP contribution >= 0.6 is 0 Å². The third kappa shape index (κ3) is 3.81. The van der Waals surface area contributed by atoms with Crippen molar-refractivity contribution in [2.75, 3.05) is 36.0 Å². The van der Waals surface area contributed by atoms with Crippen molar-refractivity contribution in [2.45, 2.75) is 13.8 Å². The third-order valence-electron chi connectivity index (χ3n) is 6.37. The Morgan fingerprint density at radius 3 is 2.09 bits per heavy atom. The summed E-state index contributed by atoms with van der Waals surface area (Å²) >= 11 is 0. The molecule has 1 aromatic heterocycles. The summed E-state index contributed by atoms with van der Waals surface area (Å²) in [5.74, 6) is -0.522. The minimum Gasteiger partial charge on any atom is -0.363 e. The molecule has 2 aliphatic heterocycles. The van der Waals surface area contributed by atoms with Gasteiger partial charge in [-0.15, -0.1) is 0 Å². The number of aromatic nitrogens is 2. The van der Waals surface area contributed by atoms with Gasteiger partial charge in [0.05, 0.1) is 11.3 Å². The minimum absolute atomic E-state index is 0.299. The van der Waals surface area contributed by atoms with Gasteiger partial charge >= 0.3 is 0 Å². The number of halogens is 1. The maximum absolute atomic E-state index is 13.7. The number of nitrogens with zero attached hydrogens (tertiary/aromatic N) is 5. The Kier molecular flexibility index (Phi) is 5.57. The van der Waals surface area contributed by atoms with Crippen molar-refractivity contribution in [3.8, 4) is 0 Å². The van der Waals surface area contributed by atoms with E-state index in [1.807, 2.05) is 30.9 Å². The van der Waals surface area contributed by atoms with Crippen molar-refractivity contribution < 1.29 is 14.0 Å². The SMILES string of the molecule is Cc1ccc(N2C(=O)C(c3ccc(F)cc3)=C(N3CCN(c4ncccn4)CC3)C2=O)cc1C. The first kappa shape index (κ1) is 21.8. The zero-order valence-corrected chi connectivity index (χ0v) is 19.0. The number of piperazine rings is 1. The first-order valence-electron chi connectivity index (χ1n) is 11.2. The molecular formula is C26H24FN5O2. The van der Waals surface area contributed by atoms with Crippen LogP contribution in [-0.4, -0.2) is 52.9 Å². The number of carbonyl (C=O) groups is 2. The molecule has 0 saturated carbocycles. The van der Waals surface area contributed by atoms with Crippen molar-refractivity contribution in [1.29, 1.82) is 0 Å².